The Morgan fingerprint density at radius 2 is 1.85 bits per heavy atom. The molecule has 1 aliphatic rings. The average molecular weight is 575 g/mol. The number of nitrogens with zero attached hydrogens (tertiary/aromatic N) is 4. The van der Waals surface area contributed by atoms with E-state index < -0.39 is 72.2 Å². The van der Waals surface area contributed by atoms with Gasteiger partial charge in [-0.05, 0) is 24.1 Å². The standard InChI is InChI=1S/C25H25F7N6O2/c1-3-13-4-5-14(19-8-16(25(30,31)32)21-22(33)34-11-35-38(19)21)7-15(13)23(40)36-18-10-37(9-17(18)26)20(39)6-12(2)24(27,28)29/h4-5,7-8,11-12,17-18H,3,6,9-10H2,1-2H3,(H,36,40)(H2,33,34,35)/t12?,17-,18+/m0/s1. The molecule has 3 N–H and O–H groups in total. The van der Waals surface area contributed by atoms with E-state index in [9.17, 15) is 40.3 Å². The number of carbonyl (C=O) groups excluding carboxylic acids is 2. The van der Waals surface area contributed by atoms with Gasteiger partial charge in [0, 0.05) is 24.1 Å². The van der Waals surface area contributed by atoms with E-state index in [0.717, 1.165) is 28.7 Å². The summed E-state index contributed by atoms with van der Waals surface area (Å²) in [6, 6.07) is 4.03. The monoisotopic (exact) mass is 574 g/mol. The summed E-state index contributed by atoms with van der Waals surface area (Å²) in [6.07, 6.45) is -10.6. The van der Waals surface area contributed by atoms with Crippen LogP contribution >= 0.6 is 0 Å². The Bertz CT molecular complexity index is 1440. The normalized spacial score (nSPS) is 18.8. The highest BCUT2D eigenvalue weighted by Gasteiger charge is 2.41. The lowest BCUT2D eigenvalue weighted by molar-refractivity contribution is -0.176. The summed E-state index contributed by atoms with van der Waals surface area (Å²) in [7, 11) is 0. The van der Waals surface area contributed by atoms with Crippen LogP contribution in [0.15, 0.2) is 30.6 Å². The molecule has 0 bridgehead atoms. The van der Waals surface area contributed by atoms with Crippen molar-refractivity contribution in [2.45, 2.75) is 51.3 Å². The molecule has 1 fully saturated rings. The highest BCUT2D eigenvalue weighted by Crippen LogP contribution is 2.39. The van der Waals surface area contributed by atoms with Crippen molar-refractivity contribution in [2.24, 2.45) is 5.92 Å². The Balaban J connectivity index is 1.60. The van der Waals surface area contributed by atoms with Crippen molar-refractivity contribution in [2.75, 3.05) is 18.8 Å². The predicted octanol–water partition coefficient (Wildman–Crippen LogP) is 4.43. The highest BCUT2D eigenvalue weighted by molar-refractivity contribution is 5.97. The van der Waals surface area contributed by atoms with Gasteiger partial charge in [-0.25, -0.2) is 13.9 Å². The molecule has 0 radical (unpaired) electrons. The van der Waals surface area contributed by atoms with E-state index in [-0.39, 0.29) is 23.4 Å². The number of nitrogens with one attached hydrogen (secondary N) is 1. The molecule has 216 valence electrons. The zero-order chi connectivity index (χ0) is 29.6. The molecule has 1 saturated heterocycles. The van der Waals surface area contributed by atoms with Crippen LogP contribution in [-0.4, -0.2) is 62.8 Å². The van der Waals surface area contributed by atoms with Crippen molar-refractivity contribution < 1.29 is 40.3 Å². The Labute approximate surface area is 223 Å². The second kappa shape index (κ2) is 10.6. The number of aromatic nitrogens is 3. The maximum atomic E-state index is 14.7. The topological polar surface area (TPSA) is 106 Å². The van der Waals surface area contributed by atoms with Gasteiger partial charge < -0.3 is 16.0 Å². The number of halogens is 7. The van der Waals surface area contributed by atoms with Crippen LogP contribution in [0.25, 0.3) is 16.8 Å². The van der Waals surface area contributed by atoms with Crippen LogP contribution < -0.4 is 11.1 Å². The zero-order valence-corrected chi connectivity index (χ0v) is 21.3. The maximum absolute atomic E-state index is 14.7. The van der Waals surface area contributed by atoms with Crippen LogP contribution in [0.1, 0.15) is 41.8 Å². The van der Waals surface area contributed by atoms with E-state index in [4.69, 9.17) is 5.73 Å². The molecule has 15 heteroatoms. The molecule has 3 heterocycles. The van der Waals surface area contributed by atoms with E-state index in [1.54, 1.807) is 6.92 Å². The zero-order valence-electron chi connectivity index (χ0n) is 21.3. The summed E-state index contributed by atoms with van der Waals surface area (Å²) in [5.74, 6) is -3.95. The van der Waals surface area contributed by atoms with Crippen molar-refractivity contribution in [3.8, 4) is 11.3 Å². The van der Waals surface area contributed by atoms with Gasteiger partial charge in [-0.15, -0.1) is 0 Å². The summed E-state index contributed by atoms with van der Waals surface area (Å²) >= 11 is 0. The molecule has 40 heavy (non-hydrogen) atoms. The third kappa shape index (κ3) is 5.68. The number of aryl methyl sites for hydroxylation is 1. The largest absolute Gasteiger partial charge is 0.418 e. The molecule has 0 spiro atoms. The SMILES string of the molecule is CCc1ccc(-c2cc(C(F)(F)F)c3c(N)ncnn23)cc1C(=O)N[C@@H]1CN(C(=O)CC(C)C(F)(F)F)C[C@@H]1F. The number of carbonyl (C=O) groups is 2. The number of nitrogen functional groups attached to an aromatic ring is 1. The predicted molar refractivity (Wildman–Crippen MR) is 130 cm³/mol. The number of hydrogen-bond acceptors (Lipinski definition) is 5. The Kier molecular flexibility index (Phi) is 7.69. The lowest BCUT2D eigenvalue weighted by atomic mass is 9.99. The number of hydrogen-bond donors (Lipinski definition) is 2. The van der Waals surface area contributed by atoms with Gasteiger partial charge in [-0.3, -0.25) is 9.59 Å². The highest BCUT2D eigenvalue weighted by atomic mass is 19.4. The van der Waals surface area contributed by atoms with Crippen molar-refractivity contribution in [1.82, 2.24) is 24.8 Å². The van der Waals surface area contributed by atoms with E-state index in [2.05, 4.69) is 15.4 Å². The van der Waals surface area contributed by atoms with Crippen molar-refractivity contribution in [3.63, 3.8) is 0 Å². The first-order chi connectivity index (χ1) is 18.6. The molecule has 3 aromatic rings. The van der Waals surface area contributed by atoms with Gasteiger partial charge >= 0.3 is 12.4 Å². The van der Waals surface area contributed by atoms with Crippen LogP contribution in [0, 0.1) is 5.92 Å². The Morgan fingerprint density at radius 3 is 2.48 bits per heavy atom. The molecule has 2 aromatic heterocycles. The van der Waals surface area contributed by atoms with Crippen molar-refractivity contribution in [1.29, 1.82) is 0 Å². The Morgan fingerprint density at radius 1 is 1.15 bits per heavy atom. The molecule has 1 aromatic carbocycles. The van der Waals surface area contributed by atoms with Gasteiger partial charge in [0.15, 0.2) is 5.82 Å². The fourth-order valence-corrected chi connectivity index (χ4v) is 4.60. The number of amides is 2. The smallest absolute Gasteiger partial charge is 0.382 e. The third-order valence-corrected chi connectivity index (χ3v) is 6.88. The summed E-state index contributed by atoms with van der Waals surface area (Å²) in [6.45, 7) is 1.79. The minimum absolute atomic E-state index is 0.0204. The summed E-state index contributed by atoms with van der Waals surface area (Å²) < 4.78 is 95.4. The van der Waals surface area contributed by atoms with Crippen LogP contribution in [-0.2, 0) is 17.4 Å². The van der Waals surface area contributed by atoms with E-state index in [1.807, 2.05) is 0 Å². The minimum atomic E-state index is -4.77. The first-order valence-corrected chi connectivity index (χ1v) is 12.2. The molecule has 1 unspecified atom stereocenters. The van der Waals surface area contributed by atoms with Gasteiger partial charge in [0.2, 0.25) is 5.91 Å². The lowest BCUT2D eigenvalue weighted by Gasteiger charge is -2.20. The molecule has 4 rings (SSSR count). The van der Waals surface area contributed by atoms with Gasteiger partial charge in [-0.1, -0.05) is 26.0 Å². The second-order valence-corrected chi connectivity index (χ2v) is 9.61. The summed E-state index contributed by atoms with van der Waals surface area (Å²) in [4.78, 5) is 30.1. The van der Waals surface area contributed by atoms with Gasteiger partial charge in [0.25, 0.3) is 5.91 Å². The van der Waals surface area contributed by atoms with Gasteiger partial charge in [0.05, 0.1) is 29.8 Å². The molecule has 8 nitrogen and oxygen atoms in total. The number of rotatable bonds is 6. The molecular weight excluding hydrogens is 549 g/mol. The number of anilines is 1. The van der Waals surface area contributed by atoms with Crippen LogP contribution in [0.5, 0.6) is 0 Å². The summed E-state index contributed by atoms with van der Waals surface area (Å²) in [5.41, 5.74) is 4.90. The fourth-order valence-electron chi connectivity index (χ4n) is 4.60. The van der Waals surface area contributed by atoms with E-state index in [0.29, 0.717) is 12.0 Å². The molecule has 3 atom stereocenters. The molecule has 1 aliphatic heterocycles. The Hall–Kier alpha value is -3.91. The number of alkyl halides is 7. The second-order valence-electron chi connectivity index (χ2n) is 9.61. The molecule has 0 saturated carbocycles. The molecule has 2 amide bonds. The fraction of sp³-hybridized carbons (Fsp3) is 0.440. The van der Waals surface area contributed by atoms with Crippen molar-refractivity contribution in [3.05, 3.63) is 47.3 Å². The quantitative estimate of drug-likeness (QED) is 0.424. The summed E-state index contributed by atoms with van der Waals surface area (Å²) in [5, 5.41) is 6.37. The third-order valence-electron chi connectivity index (χ3n) is 6.88. The van der Waals surface area contributed by atoms with Crippen LogP contribution in [0.2, 0.25) is 0 Å². The van der Waals surface area contributed by atoms with E-state index in [1.165, 1.54) is 18.2 Å². The lowest BCUT2D eigenvalue weighted by Crippen LogP contribution is -2.42. The maximum Gasteiger partial charge on any atom is 0.418 e. The number of benzene rings is 1. The number of likely N-dealkylation sites (tertiary alicyclic amines) is 1. The molecule has 0 aliphatic carbocycles. The number of fused-ring (bicyclic) bond motifs is 1. The first-order valence-electron chi connectivity index (χ1n) is 12.2. The van der Waals surface area contributed by atoms with Crippen LogP contribution in [0.3, 0.4) is 0 Å². The number of nitrogens with two attached hydrogens (primary N) is 1. The molecular formula is C25H25F7N6O2. The van der Waals surface area contributed by atoms with Crippen molar-refractivity contribution >= 4 is 23.1 Å². The van der Waals surface area contributed by atoms with Crippen LogP contribution in [0.4, 0.5) is 36.6 Å². The van der Waals surface area contributed by atoms with E-state index >= 15 is 0 Å². The average Bonchev–Trinajstić information content (AvgIpc) is 3.45. The van der Waals surface area contributed by atoms with Gasteiger partial charge in [0.1, 0.15) is 18.0 Å². The minimum Gasteiger partial charge on any atom is -0.382 e. The van der Waals surface area contributed by atoms with Gasteiger partial charge in [-0.2, -0.15) is 31.4 Å². The first kappa shape index (κ1) is 29.1.